The van der Waals surface area contributed by atoms with Crippen molar-refractivity contribution in [3.63, 3.8) is 0 Å². The van der Waals surface area contributed by atoms with E-state index in [1.54, 1.807) is 0 Å². The summed E-state index contributed by atoms with van der Waals surface area (Å²) in [6.45, 7) is -1.45. The highest BCUT2D eigenvalue weighted by Crippen LogP contribution is 2.03. The lowest BCUT2D eigenvalue weighted by Crippen LogP contribution is -2.46. The number of rotatable bonds is 5. The summed E-state index contributed by atoms with van der Waals surface area (Å²) in [5, 5.41) is 52.2. The van der Waals surface area contributed by atoms with Crippen molar-refractivity contribution in [2.75, 3.05) is 13.2 Å². The van der Waals surface area contributed by atoms with E-state index < -0.39 is 37.6 Å². The Labute approximate surface area is 80.3 Å². The Morgan fingerprint density at radius 3 is 1.00 bits per heavy atom. The van der Waals surface area contributed by atoms with Gasteiger partial charge in [0.25, 0.3) is 0 Å². The zero-order valence-electron chi connectivity index (χ0n) is 7.41. The first kappa shape index (κ1) is 19.3. The summed E-state index contributed by atoms with van der Waals surface area (Å²) < 4.78 is 0. The van der Waals surface area contributed by atoms with Crippen LogP contribution in [0.15, 0.2) is 0 Å². The van der Waals surface area contributed by atoms with Crippen molar-refractivity contribution in [1.82, 2.24) is 0 Å². The van der Waals surface area contributed by atoms with Crippen LogP contribution >= 0.6 is 0 Å². The second-order valence-electron chi connectivity index (χ2n) is 2.48. The largest absolute Gasteiger partial charge is 0.412 e. The lowest BCUT2D eigenvalue weighted by molar-refractivity contribution is -0.123. The minimum Gasteiger partial charge on any atom is -0.412 e. The van der Waals surface area contributed by atoms with Gasteiger partial charge in [-0.25, -0.2) is 0 Å². The average Bonchev–Trinajstić information content (AvgIpc) is 2.12. The van der Waals surface area contributed by atoms with E-state index in [1.165, 1.54) is 0 Å². The van der Waals surface area contributed by atoms with E-state index in [2.05, 4.69) is 0 Å². The normalized spacial score (nSPS) is 18.4. The van der Waals surface area contributed by atoms with E-state index in [0.29, 0.717) is 0 Å². The van der Waals surface area contributed by atoms with Gasteiger partial charge in [-0.3, -0.25) is 0 Å². The van der Waals surface area contributed by atoms with E-state index in [0.717, 1.165) is 0 Å². The van der Waals surface area contributed by atoms with Crippen LogP contribution in [0.5, 0.6) is 0 Å². The SMILES string of the molecule is O.O.OC[C@H](O)[C@@H](O)[C@H](O)[C@@H](O)CO. The van der Waals surface area contributed by atoms with E-state index in [4.69, 9.17) is 30.6 Å². The fourth-order valence-corrected chi connectivity index (χ4v) is 0.671. The van der Waals surface area contributed by atoms with Crippen molar-refractivity contribution in [3.05, 3.63) is 0 Å². The Hall–Kier alpha value is -0.320. The van der Waals surface area contributed by atoms with Crippen LogP contribution in [-0.2, 0) is 0 Å². The van der Waals surface area contributed by atoms with Crippen LogP contribution in [0.3, 0.4) is 0 Å². The highest BCUT2D eigenvalue weighted by molar-refractivity contribution is 4.79. The standard InChI is InChI=1S/C6H14O6.2H2O/c7-1-3(9)5(11)6(12)4(10)2-8;;/h3-12H,1-2H2;2*1H2/t3-,4-,5+,6+;;/m0../s1. The molecule has 4 atom stereocenters. The van der Waals surface area contributed by atoms with Gasteiger partial charge in [0, 0.05) is 0 Å². The lowest BCUT2D eigenvalue weighted by Gasteiger charge is -2.24. The molecule has 8 nitrogen and oxygen atoms in total. The van der Waals surface area contributed by atoms with E-state index in [9.17, 15) is 0 Å². The predicted molar refractivity (Wildman–Crippen MR) is 45.4 cm³/mol. The molecular weight excluding hydrogens is 200 g/mol. The van der Waals surface area contributed by atoms with Gasteiger partial charge in [-0.2, -0.15) is 0 Å². The van der Waals surface area contributed by atoms with Gasteiger partial charge in [-0.05, 0) is 0 Å². The van der Waals surface area contributed by atoms with E-state index in [1.807, 2.05) is 0 Å². The Morgan fingerprint density at radius 1 is 0.643 bits per heavy atom. The number of hydrogen-bond acceptors (Lipinski definition) is 6. The highest BCUT2D eigenvalue weighted by Gasteiger charge is 2.29. The summed E-state index contributed by atoms with van der Waals surface area (Å²) in [6, 6.07) is 0. The average molecular weight is 218 g/mol. The van der Waals surface area contributed by atoms with Crippen LogP contribution in [0.4, 0.5) is 0 Å². The Bertz CT molecular complexity index is 106. The van der Waals surface area contributed by atoms with Crippen LogP contribution in [0.25, 0.3) is 0 Å². The summed E-state index contributed by atoms with van der Waals surface area (Å²) in [6.07, 6.45) is -6.39. The van der Waals surface area contributed by atoms with E-state index in [-0.39, 0.29) is 11.0 Å². The minimum absolute atomic E-state index is 0. The van der Waals surface area contributed by atoms with Crippen LogP contribution in [0, 0.1) is 0 Å². The van der Waals surface area contributed by atoms with Gasteiger partial charge < -0.3 is 41.6 Å². The van der Waals surface area contributed by atoms with Crippen molar-refractivity contribution in [3.8, 4) is 0 Å². The molecule has 0 rings (SSSR count). The van der Waals surface area contributed by atoms with E-state index >= 15 is 0 Å². The molecule has 0 spiro atoms. The molecule has 0 bridgehead atoms. The molecule has 0 amide bonds. The molecule has 0 saturated carbocycles. The third-order valence-corrected chi connectivity index (χ3v) is 1.51. The second kappa shape index (κ2) is 9.24. The molecule has 0 aliphatic carbocycles. The molecule has 0 fully saturated rings. The topological polar surface area (TPSA) is 184 Å². The molecule has 0 aromatic heterocycles. The maximum absolute atomic E-state index is 8.96. The molecule has 0 aliphatic heterocycles. The number of aliphatic hydroxyl groups excluding tert-OH is 6. The molecule has 14 heavy (non-hydrogen) atoms. The van der Waals surface area contributed by atoms with Gasteiger partial charge in [0.15, 0.2) is 0 Å². The Balaban J connectivity index is -0.000000605. The zero-order valence-corrected chi connectivity index (χ0v) is 7.41. The van der Waals surface area contributed by atoms with Crippen molar-refractivity contribution >= 4 is 0 Å². The quantitative estimate of drug-likeness (QED) is 0.267. The van der Waals surface area contributed by atoms with Crippen LogP contribution in [0.2, 0.25) is 0 Å². The summed E-state index contributed by atoms with van der Waals surface area (Å²) in [4.78, 5) is 0. The summed E-state index contributed by atoms with van der Waals surface area (Å²) in [7, 11) is 0. The molecular formula is C6H18O8. The van der Waals surface area contributed by atoms with Crippen molar-refractivity contribution < 1.29 is 41.6 Å². The van der Waals surface area contributed by atoms with Crippen molar-refractivity contribution in [1.29, 1.82) is 0 Å². The number of aliphatic hydroxyl groups is 6. The fourth-order valence-electron chi connectivity index (χ4n) is 0.671. The predicted octanol–water partition coefficient (Wildman–Crippen LogP) is -5.23. The van der Waals surface area contributed by atoms with Gasteiger partial charge >= 0.3 is 0 Å². The molecule has 10 N–H and O–H groups in total. The summed E-state index contributed by atoms with van der Waals surface area (Å²) >= 11 is 0. The fraction of sp³-hybridized carbons (Fsp3) is 1.00. The molecule has 0 aliphatic rings. The highest BCUT2D eigenvalue weighted by atomic mass is 16.4. The molecule has 90 valence electrons. The van der Waals surface area contributed by atoms with Crippen LogP contribution in [0.1, 0.15) is 0 Å². The lowest BCUT2D eigenvalue weighted by atomic mass is 10.0. The molecule has 0 aromatic rings. The van der Waals surface area contributed by atoms with Crippen LogP contribution in [-0.4, -0.2) is 79.2 Å². The Morgan fingerprint density at radius 2 is 0.857 bits per heavy atom. The molecule has 0 radical (unpaired) electrons. The zero-order chi connectivity index (χ0) is 9.72. The number of hydrogen-bond donors (Lipinski definition) is 6. The first-order valence-corrected chi connectivity index (χ1v) is 3.48. The van der Waals surface area contributed by atoms with Gasteiger partial charge in [-0.1, -0.05) is 0 Å². The first-order valence-electron chi connectivity index (χ1n) is 3.48. The summed E-state index contributed by atoms with van der Waals surface area (Å²) in [5.74, 6) is 0. The molecule has 8 heteroatoms. The maximum atomic E-state index is 8.96. The van der Waals surface area contributed by atoms with Gasteiger partial charge in [0.2, 0.25) is 0 Å². The van der Waals surface area contributed by atoms with Gasteiger partial charge in [0.1, 0.15) is 24.4 Å². The monoisotopic (exact) mass is 218 g/mol. The maximum Gasteiger partial charge on any atom is 0.111 e. The van der Waals surface area contributed by atoms with Crippen molar-refractivity contribution in [2.45, 2.75) is 24.4 Å². The van der Waals surface area contributed by atoms with Crippen molar-refractivity contribution in [2.24, 2.45) is 0 Å². The first-order chi connectivity index (χ1) is 5.54. The summed E-state index contributed by atoms with van der Waals surface area (Å²) in [5.41, 5.74) is 0. The smallest absolute Gasteiger partial charge is 0.111 e. The van der Waals surface area contributed by atoms with Gasteiger partial charge in [-0.15, -0.1) is 0 Å². The third-order valence-electron chi connectivity index (χ3n) is 1.51. The third kappa shape index (κ3) is 5.42. The van der Waals surface area contributed by atoms with Gasteiger partial charge in [0.05, 0.1) is 13.2 Å². The molecule has 0 heterocycles. The molecule has 0 saturated heterocycles. The molecule has 0 aromatic carbocycles. The second-order valence-corrected chi connectivity index (χ2v) is 2.48. The van der Waals surface area contributed by atoms with Crippen LogP contribution < -0.4 is 0 Å². The minimum atomic E-state index is -1.67. The Kier molecular flexibility index (Phi) is 12.7. The molecule has 0 unspecified atom stereocenters.